The molecular formula is C13H20O2. The fourth-order valence-electron chi connectivity index (χ4n) is 1.42. The average Bonchev–Trinajstić information content (AvgIpc) is 2.30. The number of hydrogen-bond donors (Lipinski definition) is 1. The van der Waals surface area contributed by atoms with E-state index in [1.807, 2.05) is 18.9 Å². The molecule has 84 valence electrons. The highest BCUT2D eigenvalue weighted by atomic mass is 16.3. The maximum Gasteiger partial charge on any atom is 0.115 e. The number of aromatic hydroxyl groups is 1. The molecule has 0 aliphatic heterocycles. The molecule has 2 heteroatoms. The first-order valence-electron chi connectivity index (χ1n) is 5.39. The topological polar surface area (TPSA) is 37.3 Å². The molecule has 0 aliphatic carbocycles. The van der Waals surface area contributed by atoms with E-state index in [1.54, 1.807) is 12.1 Å². The van der Waals surface area contributed by atoms with Gasteiger partial charge in [-0.15, -0.1) is 0 Å². The maximum absolute atomic E-state index is 9.07. The van der Waals surface area contributed by atoms with E-state index in [0.29, 0.717) is 5.75 Å². The summed E-state index contributed by atoms with van der Waals surface area (Å²) in [7, 11) is 0. The second kappa shape index (κ2) is 9.25. The Morgan fingerprint density at radius 1 is 1.07 bits per heavy atom. The van der Waals surface area contributed by atoms with Gasteiger partial charge in [-0.1, -0.05) is 38.3 Å². The molecule has 0 saturated heterocycles. The number of aryl methyl sites for hydroxylation is 1. The molecule has 0 bridgehead atoms. The van der Waals surface area contributed by atoms with Gasteiger partial charge in [-0.25, -0.2) is 0 Å². The highest BCUT2D eigenvalue weighted by Crippen LogP contribution is 2.12. The third kappa shape index (κ3) is 6.72. The van der Waals surface area contributed by atoms with Crippen molar-refractivity contribution >= 4 is 6.79 Å². The van der Waals surface area contributed by atoms with E-state index in [9.17, 15) is 0 Å². The first-order chi connectivity index (χ1) is 7.33. The lowest BCUT2D eigenvalue weighted by molar-refractivity contribution is -0.0979. The van der Waals surface area contributed by atoms with Crippen LogP contribution >= 0.6 is 0 Å². The van der Waals surface area contributed by atoms with Gasteiger partial charge in [0.2, 0.25) is 0 Å². The second-order valence-electron chi connectivity index (χ2n) is 3.48. The van der Waals surface area contributed by atoms with Gasteiger partial charge in [0.25, 0.3) is 0 Å². The van der Waals surface area contributed by atoms with E-state index >= 15 is 0 Å². The van der Waals surface area contributed by atoms with Gasteiger partial charge in [0.1, 0.15) is 12.5 Å². The zero-order chi connectivity index (χ0) is 11.5. The van der Waals surface area contributed by atoms with E-state index in [4.69, 9.17) is 9.90 Å². The lowest BCUT2D eigenvalue weighted by atomic mass is 10.1. The normalized spacial score (nSPS) is 9.13. The van der Waals surface area contributed by atoms with Crippen LogP contribution in [-0.4, -0.2) is 11.9 Å². The minimum atomic E-state index is 0.359. The Kier molecular flexibility index (Phi) is 8.44. The largest absolute Gasteiger partial charge is 0.508 e. The van der Waals surface area contributed by atoms with Crippen LogP contribution in [0.3, 0.4) is 0 Å². The summed E-state index contributed by atoms with van der Waals surface area (Å²) >= 11 is 0. The Morgan fingerprint density at radius 2 is 1.67 bits per heavy atom. The molecule has 0 amide bonds. The number of hydrogen-bond acceptors (Lipinski definition) is 2. The summed E-state index contributed by atoms with van der Waals surface area (Å²) in [5, 5.41) is 9.07. The van der Waals surface area contributed by atoms with Crippen LogP contribution in [0.15, 0.2) is 24.3 Å². The van der Waals surface area contributed by atoms with Crippen molar-refractivity contribution in [2.45, 2.75) is 39.0 Å². The first-order valence-corrected chi connectivity index (χ1v) is 5.39. The van der Waals surface area contributed by atoms with Gasteiger partial charge in [0.15, 0.2) is 0 Å². The molecule has 0 fully saturated rings. The fraction of sp³-hybridized carbons (Fsp3) is 0.462. The summed E-state index contributed by atoms with van der Waals surface area (Å²) in [6.45, 7) is 4.22. The number of phenolic OH excluding ortho intramolecular Hbond substituents is 1. The Labute approximate surface area is 91.9 Å². The van der Waals surface area contributed by atoms with Crippen molar-refractivity contribution in [1.29, 1.82) is 0 Å². The SMILES string of the molecule is C=O.CCCCCCc1ccc(O)cc1. The molecule has 0 aromatic heterocycles. The molecule has 0 atom stereocenters. The molecule has 2 nitrogen and oxygen atoms in total. The van der Waals surface area contributed by atoms with Crippen LogP contribution in [0.2, 0.25) is 0 Å². The molecule has 1 aromatic rings. The quantitative estimate of drug-likeness (QED) is 0.753. The lowest BCUT2D eigenvalue weighted by Crippen LogP contribution is -1.84. The van der Waals surface area contributed by atoms with Crippen molar-refractivity contribution < 1.29 is 9.90 Å². The monoisotopic (exact) mass is 208 g/mol. The van der Waals surface area contributed by atoms with Gasteiger partial charge >= 0.3 is 0 Å². The van der Waals surface area contributed by atoms with Crippen LogP contribution in [0.1, 0.15) is 38.2 Å². The zero-order valence-corrected chi connectivity index (χ0v) is 9.41. The Balaban J connectivity index is 0.000000921. The van der Waals surface area contributed by atoms with Crippen LogP contribution in [0.25, 0.3) is 0 Å². The van der Waals surface area contributed by atoms with Crippen LogP contribution in [0.4, 0.5) is 0 Å². The third-order valence-electron chi connectivity index (χ3n) is 2.26. The van der Waals surface area contributed by atoms with E-state index < -0.39 is 0 Å². The number of rotatable bonds is 5. The maximum atomic E-state index is 9.07. The summed E-state index contributed by atoms with van der Waals surface area (Å²) < 4.78 is 0. The molecule has 1 aromatic carbocycles. The predicted molar refractivity (Wildman–Crippen MR) is 63.1 cm³/mol. The van der Waals surface area contributed by atoms with E-state index in [1.165, 1.54) is 31.2 Å². The third-order valence-corrected chi connectivity index (χ3v) is 2.26. The lowest BCUT2D eigenvalue weighted by Gasteiger charge is -2.00. The van der Waals surface area contributed by atoms with E-state index in [-0.39, 0.29) is 0 Å². The van der Waals surface area contributed by atoms with Gasteiger partial charge in [-0.3, -0.25) is 0 Å². The average molecular weight is 208 g/mol. The molecule has 0 saturated carbocycles. The van der Waals surface area contributed by atoms with Gasteiger partial charge in [0.05, 0.1) is 0 Å². The fourth-order valence-corrected chi connectivity index (χ4v) is 1.42. The molecule has 15 heavy (non-hydrogen) atoms. The summed E-state index contributed by atoms with van der Waals surface area (Å²) in [6, 6.07) is 7.52. The number of benzene rings is 1. The minimum absolute atomic E-state index is 0.359. The van der Waals surface area contributed by atoms with Gasteiger partial charge in [-0.2, -0.15) is 0 Å². The molecule has 0 heterocycles. The standard InChI is InChI=1S/C12H18O.CH2O/c1-2-3-4-5-6-11-7-9-12(13)10-8-11;1-2/h7-10,13H,2-6H2,1H3;1H2. The minimum Gasteiger partial charge on any atom is -0.508 e. The Morgan fingerprint density at radius 3 is 2.20 bits per heavy atom. The summed E-state index contributed by atoms with van der Waals surface area (Å²) in [5.74, 6) is 0.359. The second-order valence-corrected chi connectivity index (χ2v) is 3.48. The van der Waals surface area contributed by atoms with Crippen molar-refractivity contribution in [2.75, 3.05) is 0 Å². The number of unbranched alkanes of at least 4 members (excludes halogenated alkanes) is 3. The highest BCUT2D eigenvalue weighted by molar-refractivity contribution is 5.25. The van der Waals surface area contributed by atoms with Crippen molar-refractivity contribution in [3.63, 3.8) is 0 Å². The first kappa shape index (κ1) is 13.7. The van der Waals surface area contributed by atoms with Crippen molar-refractivity contribution in [3.05, 3.63) is 29.8 Å². The zero-order valence-electron chi connectivity index (χ0n) is 9.41. The Bertz CT molecular complexity index is 241. The summed E-state index contributed by atoms with van der Waals surface area (Å²) in [6.07, 6.45) is 6.34. The molecule has 1 N–H and O–H groups in total. The van der Waals surface area contributed by atoms with E-state index in [0.717, 1.165) is 6.42 Å². The highest BCUT2D eigenvalue weighted by Gasteiger charge is 1.93. The summed E-state index contributed by atoms with van der Waals surface area (Å²) in [4.78, 5) is 8.00. The Hall–Kier alpha value is -1.31. The number of phenols is 1. The predicted octanol–water partition coefficient (Wildman–Crippen LogP) is 3.33. The molecule has 1 rings (SSSR count). The molecule has 0 aliphatic rings. The molecule has 0 spiro atoms. The van der Waals surface area contributed by atoms with Crippen molar-refractivity contribution in [3.8, 4) is 5.75 Å². The van der Waals surface area contributed by atoms with Gasteiger partial charge < -0.3 is 9.90 Å². The van der Waals surface area contributed by atoms with Gasteiger partial charge in [0, 0.05) is 0 Å². The molecule has 0 unspecified atom stereocenters. The number of carbonyl (C=O) groups excluding carboxylic acids is 1. The van der Waals surface area contributed by atoms with Gasteiger partial charge in [-0.05, 0) is 30.5 Å². The van der Waals surface area contributed by atoms with Crippen LogP contribution < -0.4 is 0 Å². The van der Waals surface area contributed by atoms with Crippen LogP contribution in [0, 0.1) is 0 Å². The van der Waals surface area contributed by atoms with Crippen molar-refractivity contribution in [2.24, 2.45) is 0 Å². The molecular weight excluding hydrogens is 188 g/mol. The molecule has 0 radical (unpaired) electrons. The van der Waals surface area contributed by atoms with E-state index in [2.05, 4.69) is 6.92 Å². The van der Waals surface area contributed by atoms with Crippen molar-refractivity contribution in [1.82, 2.24) is 0 Å². The van der Waals surface area contributed by atoms with Crippen LogP contribution in [0.5, 0.6) is 5.75 Å². The van der Waals surface area contributed by atoms with Crippen LogP contribution in [-0.2, 0) is 11.2 Å². The number of carbonyl (C=O) groups is 1. The summed E-state index contributed by atoms with van der Waals surface area (Å²) in [5.41, 5.74) is 1.33. The smallest absolute Gasteiger partial charge is 0.115 e.